The number of ether oxygens (including phenoxy) is 2. The second-order valence-corrected chi connectivity index (χ2v) is 9.23. The highest BCUT2D eigenvalue weighted by Crippen LogP contribution is 2.30. The van der Waals surface area contributed by atoms with Crippen LogP contribution in [-0.4, -0.2) is 12.5 Å². The summed E-state index contributed by atoms with van der Waals surface area (Å²) in [5.74, 6) is 1.64. The van der Waals surface area contributed by atoms with E-state index in [1.54, 1.807) is 6.92 Å². The molecule has 0 aliphatic carbocycles. The molecule has 0 atom stereocenters. The van der Waals surface area contributed by atoms with E-state index in [9.17, 15) is 4.79 Å². The van der Waals surface area contributed by atoms with E-state index in [1.807, 2.05) is 36.4 Å². The smallest absolute Gasteiger partial charge is 0.216 e. The maximum absolute atomic E-state index is 11.1. The van der Waals surface area contributed by atoms with Crippen molar-refractivity contribution in [1.82, 2.24) is 5.32 Å². The largest absolute Gasteiger partial charge is 0.489 e. The van der Waals surface area contributed by atoms with Gasteiger partial charge < -0.3 is 14.8 Å². The van der Waals surface area contributed by atoms with Crippen LogP contribution in [0.3, 0.4) is 0 Å². The maximum Gasteiger partial charge on any atom is 0.216 e. The van der Waals surface area contributed by atoms with Crippen molar-refractivity contribution in [2.45, 2.75) is 46.3 Å². The molecule has 0 heterocycles. The minimum absolute atomic E-state index is 0.0120. The Morgan fingerprint density at radius 3 is 2.27 bits per heavy atom. The lowest BCUT2D eigenvalue weighted by Crippen LogP contribution is -2.20. The standard InChI is InChI=1S/C33H35NO3/c1-25-30(17-11-18-32(25)28-14-7-4-8-15-28)24-36-31-20-19-29(16-9-10-21-34-26(2)35)33(22-31)37-23-27-12-5-3-6-13-27/h3-8,11-15,17-20,22H,9-10,16,21,23-24H2,1-2H3,(H,34,35). The number of amides is 1. The molecule has 0 aliphatic heterocycles. The lowest BCUT2D eigenvalue weighted by molar-refractivity contribution is -0.118. The molecule has 4 heteroatoms. The zero-order chi connectivity index (χ0) is 25.9. The number of carbonyl (C=O) groups excluding carboxylic acids is 1. The number of unbranched alkanes of at least 4 members (excludes halogenated alkanes) is 1. The van der Waals surface area contributed by atoms with Crippen LogP contribution < -0.4 is 14.8 Å². The molecule has 0 spiro atoms. The third-order valence-electron chi connectivity index (χ3n) is 6.45. The number of nitrogens with one attached hydrogen (secondary N) is 1. The summed E-state index contributed by atoms with van der Waals surface area (Å²) in [6, 6.07) is 33.1. The monoisotopic (exact) mass is 493 g/mol. The van der Waals surface area contributed by atoms with Gasteiger partial charge in [0.2, 0.25) is 5.91 Å². The molecule has 0 radical (unpaired) electrons. The van der Waals surface area contributed by atoms with Crippen molar-refractivity contribution in [2.75, 3.05) is 6.54 Å². The Balaban J connectivity index is 1.46. The van der Waals surface area contributed by atoms with Gasteiger partial charge in [-0.25, -0.2) is 0 Å². The van der Waals surface area contributed by atoms with Crippen LogP contribution in [0.25, 0.3) is 11.1 Å². The fourth-order valence-corrected chi connectivity index (χ4v) is 4.34. The first-order valence-electron chi connectivity index (χ1n) is 12.9. The molecule has 4 aromatic carbocycles. The first kappa shape index (κ1) is 26.0. The highest BCUT2D eigenvalue weighted by Gasteiger charge is 2.10. The molecule has 0 aliphatic rings. The van der Waals surface area contributed by atoms with Crippen LogP contribution in [0.4, 0.5) is 0 Å². The normalized spacial score (nSPS) is 10.6. The maximum atomic E-state index is 11.1. The van der Waals surface area contributed by atoms with Gasteiger partial charge in [-0.1, -0.05) is 84.9 Å². The van der Waals surface area contributed by atoms with Gasteiger partial charge in [-0.15, -0.1) is 0 Å². The Bertz CT molecular complexity index is 1290. The van der Waals surface area contributed by atoms with Crippen LogP contribution in [0.2, 0.25) is 0 Å². The third kappa shape index (κ3) is 7.71. The molecule has 190 valence electrons. The number of hydrogen-bond donors (Lipinski definition) is 1. The minimum Gasteiger partial charge on any atom is -0.489 e. The van der Waals surface area contributed by atoms with Crippen molar-refractivity contribution < 1.29 is 14.3 Å². The second-order valence-electron chi connectivity index (χ2n) is 9.23. The van der Waals surface area contributed by atoms with Crippen LogP contribution in [0, 0.1) is 6.92 Å². The molecule has 1 amide bonds. The number of hydrogen-bond acceptors (Lipinski definition) is 3. The number of carbonyl (C=O) groups is 1. The van der Waals surface area contributed by atoms with E-state index < -0.39 is 0 Å². The van der Waals surface area contributed by atoms with Crippen molar-refractivity contribution in [2.24, 2.45) is 0 Å². The summed E-state index contributed by atoms with van der Waals surface area (Å²) in [7, 11) is 0. The number of aryl methyl sites for hydroxylation is 1. The molecule has 0 unspecified atom stereocenters. The lowest BCUT2D eigenvalue weighted by Gasteiger charge is -2.16. The molecule has 1 N–H and O–H groups in total. The molecule has 4 rings (SSSR count). The van der Waals surface area contributed by atoms with Gasteiger partial charge in [0.15, 0.2) is 0 Å². The first-order chi connectivity index (χ1) is 18.1. The van der Waals surface area contributed by atoms with Crippen LogP contribution in [-0.2, 0) is 24.4 Å². The van der Waals surface area contributed by atoms with Crippen molar-refractivity contribution in [3.63, 3.8) is 0 Å². The van der Waals surface area contributed by atoms with Gasteiger partial charge in [0.1, 0.15) is 24.7 Å². The summed E-state index contributed by atoms with van der Waals surface area (Å²) in [4.78, 5) is 11.1. The van der Waals surface area contributed by atoms with Crippen LogP contribution in [0.15, 0.2) is 97.1 Å². The topological polar surface area (TPSA) is 47.6 Å². The predicted molar refractivity (Wildman–Crippen MR) is 150 cm³/mol. The van der Waals surface area contributed by atoms with Crippen LogP contribution in [0.5, 0.6) is 11.5 Å². The zero-order valence-electron chi connectivity index (χ0n) is 21.7. The van der Waals surface area contributed by atoms with E-state index in [4.69, 9.17) is 9.47 Å². The van der Waals surface area contributed by atoms with Crippen LogP contribution >= 0.6 is 0 Å². The van der Waals surface area contributed by atoms with Gasteiger partial charge in [0.05, 0.1) is 0 Å². The van der Waals surface area contributed by atoms with E-state index in [0.29, 0.717) is 19.8 Å². The predicted octanol–water partition coefficient (Wildman–Crippen LogP) is 7.28. The Kier molecular flexibility index (Phi) is 9.36. The fourth-order valence-electron chi connectivity index (χ4n) is 4.34. The molecule has 0 saturated carbocycles. The van der Waals surface area contributed by atoms with Gasteiger partial charge >= 0.3 is 0 Å². The van der Waals surface area contributed by atoms with Gasteiger partial charge in [-0.05, 0) is 65.6 Å². The highest BCUT2D eigenvalue weighted by atomic mass is 16.5. The van der Waals surface area contributed by atoms with E-state index in [0.717, 1.165) is 47.5 Å². The van der Waals surface area contributed by atoms with E-state index >= 15 is 0 Å². The van der Waals surface area contributed by atoms with Gasteiger partial charge in [-0.3, -0.25) is 4.79 Å². The molecular weight excluding hydrogens is 458 g/mol. The average Bonchev–Trinajstić information content (AvgIpc) is 2.92. The van der Waals surface area contributed by atoms with E-state index in [-0.39, 0.29) is 5.91 Å². The molecule has 0 bridgehead atoms. The second kappa shape index (κ2) is 13.3. The number of benzene rings is 4. The number of rotatable bonds is 12. The highest BCUT2D eigenvalue weighted by molar-refractivity contribution is 5.72. The average molecular weight is 494 g/mol. The van der Waals surface area contributed by atoms with Gasteiger partial charge in [-0.2, -0.15) is 0 Å². The van der Waals surface area contributed by atoms with Crippen LogP contribution in [0.1, 0.15) is 42.0 Å². The van der Waals surface area contributed by atoms with Crippen molar-refractivity contribution >= 4 is 5.91 Å². The minimum atomic E-state index is 0.0120. The SMILES string of the molecule is CC(=O)NCCCCc1ccc(OCc2cccc(-c3ccccc3)c2C)cc1OCc1ccccc1. The quantitative estimate of drug-likeness (QED) is 0.211. The van der Waals surface area contributed by atoms with Crippen molar-refractivity contribution in [3.05, 3.63) is 119 Å². The van der Waals surface area contributed by atoms with E-state index in [2.05, 4.69) is 72.9 Å². The Hall–Kier alpha value is -4.05. The molecule has 4 nitrogen and oxygen atoms in total. The summed E-state index contributed by atoms with van der Waals surface area (Å²) in [6.07, 6.45) is 2.77. The van der Waals surface area contributed by atoms with Crippen molar-refractivity contribution in [3.8, 4) is 22.6 Å². The summed E-state index contributed by atoms with van der Waals surface area (Å²) in [6.45, 7) is 5.38. The Morgan fingerprint density at radius 2 is 1.51 bits per heavy atom. The summed E-state index contributed by atoms with van der Waals surface area (Å²) in [5, 5.41) is 2.86. The fraction of sp³-hybridized carbons (Fsp3) is 0.242. The summed E-state index contributed by atoms with van der Waals surface area (Å²) >= 11 is 0. The molecular formula is C33H35NO3. The molecule has 0 fully saturated rings. The van der Waals surface area contributed by atoms with Gasteiger partial charge in [0, 0.05) is 19.5 Å². The third-order valence-corrected chi connectivity index (χ3v) is 6.45. The molecule has 4 aromatic rings. The molecule has 0 saturated heterocycles. The lowest BCUT2D eigenvalue weighted by atomic mass is 9.97. The zero-order valence-corrected chi connectivity index (χ0v) is 21.7. The summed E-state index contributed by atoms with van der Waals surface area (Å²) < 4.78 is 12.5. The molecule has 37 heavy (non-hydrogen) atoms. The Morgan fingerprint density at radius 1 is 0.757 bits per heavy atom. The molecule has 0 aromatic heterocycles. The van der Waals surface area contributed by atoms with Gasteiger partial charge in [0.25, 0.3) is 0 Å². The summed E-state index contributed by atoms with van der Waals surface area (Å²) in [5.41, 5.74) is 7.09. The first-order valence-corrected chi connectivity index (χ1v) is 12.9. The van der Waals surface area contributed by atoms with E-state index in [1.165, 1.54) is 16.7 Å². The van der Waals surface area contributed by atoms with Crippen molar-refractivity contribution in [1.29, 1.82) is 0 Å². The Labute approximate surface area is 220 Å².